The Balaban J connectivity index is 1.36. The fourth-order valence-electron chi connectivity index (χ4n) is 5.97. The first-order valence-electron chi connectivity index (χ1n) is 13.7. The van der Waals surface area contributed by atoms with Crippen molar-refractivity contribution in [2.75, 3.05) is 36.8 Å². The van der Waals surface area contributed by atoms with Crippen molar-refractivity contribution < 1.29 is 22.7 Å². The molecule has 0 aromatic heterocycles. The van der Waals surface area contributed by atoms with Crippen LogP contribution in [0.15, 0.2) is 54.1 Å². The Hall–Kier alpha value is -3.37. The average molecular weight is 567 g/mol. The maximum atomic E-state index is 13.9. The molecule has 0 radical (unpaired) electrons. The summed E-state index contributed by atoms with van der Waals surface area (Å²) < 4.78 is 32.5. The normalized spacial score (nSPS) is 19.1. The number of hydrogen-bond acceptors (Lipinski definition) is 6. The monoisotopic (exact) mass is 566 g/mol. The van der Waals surface area contributed by atoms with E-state index in [1.165, 1.54) is 10.6 Å². The van der Waals surface area contributed by atoms with Gasteiger partial charge in [0.05, 0.1) is 24.1 Å². The molecule has 1 spiro atoms. The molecule has 9 nitrogen and oxygen atoms in total. The number of carbonyl (C=O) groups excluding carboxylic acids is 2. The highest BCUT2D eigenvalue weighted by atomic mass is 32.2. The molecule has 2 aromatic rings. The Morgan fingerprint density at radius 2 is 1.77 bits per heavy atom. The second-order valence-corrected chi connectivity index (χ2v) is 13.7. The zero-order valence-electron chi connectivity index (χ0n) is 23.4. The number of nitrogens with one attached hydrogen (secondary N) is 1. The smallest absolute Gasteiger partial charge is 0.245 e. The van der Waals surface area contributed by atoms with Crippen LogP contribution in [0.5, 0.6) is 5.75 Å². The van der Waals surface area contributed by atoms with Gasteiger partial charge in [-0.3, -0.25) is 13.9 Å². The van der Waals surface area contributed by atoms with E-state index >= 15 is 0 Å². The number of sulfonamides is 1. The first kappa shape index (κ1) is 28.2. The second kappa shape index (κ2) is 10.6. The van der Waals surface area contributed by atoms with Gasteiger partial charge in [-0.1, -0.05) is 48.0 Å². The SMILES string of the molecule is CC(C)(N)C(=O)N[C@H](CC1=Cc2ccccc2OCC1)C(=O)N1CCC2(CC1)CN(S(C)(=O)=O)c1ccccc12. The second-order valence-electron chi connectivity index (χ2n) is 11.8. The maximum Gasteiger partial charge on any atom is 0.245 e. The van der Waals surface area contributed by atoms with Crippen LogP contribution in [0, 0.1) is 0 Å². The third kappa shape index (κ3) is 5.60. The number of ether oxygens (including phenoxy) is 1. The highest BCUT2D eigenvalue weighted by Gasteiger charge is 2.48. The lowest BCUT2D eigenvalue weighted by Crippen LogP contribution is -2.58. The summed E-state index contributed by atoms with van der Waals surface area (Å²) >= 11 is 0. The number of nitrogens with two attached hydrogens (primary N) is 1. The molecule has 0 unspecified atom stereocenters. The van der Waals surface area contributed by atoms with E-state index in [1.54, 1.807) is 18.7 Å². The van der Waals surface area contributed by atoms with Crippen LogP contribution in [-0.4, -0.2) is 69.2 Å². The summed E-state index contributed by atoms with van der Waals surface area (Å²) in [5.74, 6) is 0.255. The van der Waals surface area contributed by atoms with E-state index in [1.807, 2.05) is 54.6 Å². The molecular formula is C30H38N4O5S. The van der Waals surface area contributed by atoms with E-state index in [2.05, 4.69) is 5.32 Å². The molecule has 10 heteroatoms. The van der Waals surface area contributed by atoms with E-state index in [4.69, 9.17) is 10.5 Å². The number of fused-ring (bicyclic) bond motifs is 3. The summed E-state index contributed by atoms with van der Waals surface area (Å²) in [7, 11) is -3.43. The highest BCUT2D eigenvalue weighted by Crippen LogP contribution is 2.47. The van der Waals surface area contributed by atoms with Crippen molar-refractivity contribution in [3.8, 4) is 5.75 Å². The fraction of sp³-hybridized carbons (Fsp3) is 0.467. The lowest BCUT2D eigenvalue weighted by Gasteiger charge is -2.41. The van der Waals surface area contributed by atoms with Crippen LogP contribution in [0.2, 0.25) is 0 Å². The van der Waals surface area contributed by atoms with Crippen molar-refractivity contribution in [3.63, 3.8) is 0 Å². The van der Waals surface area contributed by atoms with Crippen LogP contribution in [0.3, 0.4) is 0 Å². The first-order chi connectivity index (χ1) is 18.9. The van der Waals surface area contributed by atoms with Crippen molar-refractivity contribution in [2.24, 2.45) is 5.73 Å². The molecule has 214 valence electrons. The number of para-hydroxylation sites is 2. The van der Waals surface area contributed by atoms with Gasteiger partial charge < -0.3 is 20.7 Å². The number of piperidine rings is 1. The quantitative estimate of drug-likeness (QED) is 0.555. The number of likely N-dealkylation sites (tertiary alicyclic amines) is 1. The van der Waals surface area contributed by atoms with Gasteiger partial charge in [-0.25, -0.2) is 8.42 Å². The van der Waals surface area contributed by atoms with E-state index in [0.717, 1.165) is 28.1 Å². The zero-order valence-corrected chi connectivity index (χ0v) is 24.2. The molecule has 0 bridgehead atoms. The molecule has 0 saturated carbocycles. The van der Waals surface area contributed by atoms with Crippen molar-refractivity contribution >= 4 is 33.6 Å². The van der Waals surface area contributed by atoms with Crippen LogP contribution in [0.1, 0.15) is 50.7 Å². The molecule has 3 heterocycles. The molecule has 2 aromatic carbocycles. The molecule has 5 rings (SSSR count). The van der Waals surface area contributed by atoms with Gasteiger partial charge in [-0.05, 0) is 50.8 Å². The van der Waals surface area contributed by atoms with Gasteiger partial charge in [-0.15, -0.1) is 0 Å². The number of benzene rings is 2. The number of anilines is 1. The molecule has 3 N–H and O–H groups in total. The molecule has 3 aliphatic rings. The predicted octanol–water partition coefficient (Wildman–Crippen LogP) is 2.80. The highest BCUT2D eigenvalue weighted by molar-refractivity contribution is 7.92. The topological polar surface area (TPSA) is 122 Å². The third-order valence-electron chi connectivity index (χ3n) is 8.24. The van der Waals surface area contributed by atoms with Crippen LogP contribution in [-0.2, 0) is 25.0 Å². The first-order valence-corrected chi connectivity index (χ1v) is 15.6. The average Bonchev–Trinajstić information content (AvgIpc) is 3.08. The van der Waals surface area contributed by atoms with Crippen molar-refractivity contribution in [2.45, 2.75) is 56.5 Å². The summed E-state index contributed by atoms with van der Waals surface area (Å²) in [4.78, 5) is 28.7. The summed E-state index contributed by atoms with van der Waals surface area (Å²) in [5.41, 5.74) is 8.29. The molecule has 1 saturated heterocycles. The molecule has 1 atom stereocenters. The summed E-state index contributed by atoms with van der Waals surface area (Å²) in [5, 5.41) is 2.93. The van der Waals surface area contributed by atoms with Crippen molar-refractivity contribution in [3.05, 3.63) is 65.2 Å². The van der Waals surface area contributed by atoms with E-state index < -0.39 is 27.5 Å². The minimum Gasteiger partial charge on any atom is -0.493 e. The fourth-order valence-corrected chi connectivity index (χ4v) is 6.96. The lowest BCUT2D eigenvalue weighted by atomic mass is 9.74. The maximum absolute atomic E-state index is 13.9. The molecular weight excluding hydrogens is 528 g/mol. The Morgan fingerprint density at radius 3 is 2.48 bits per heavy atom. The summed E-state index contributed by atoms with van der Waals surface area (Å²) in [6.45, 7) is 5.04. The minimum atomic E-state index is -3.43. The van der Waals surface area contributed by atoms with Crippen LogP contribution >= 0.6 is 0 Å². The van der Waals surface area contributed by atoms with Crippen LogP contribution < -0.4 is 20.1 Å². The molecule has 2 amide bonds. The largest absolute Gasteiger partial charge is 0.493 e. The molecule has 1 fully saturated rings. The Bertz CT molecular complexity index is 1440. The standard InChI is InChI=1S/C30H38N4O5S/c1-29(2,31)28(36)32-24(19-21-12-17-39-26-11-7-4-8-22(26)18-21)27(35)33-15-13-30(14-16-33)20-34(40(3,37)38)25-10-6-5-9-23(25)30/h4-11,18,24H,12-17,19-20,31H2,1-3H3,(H,32,36)/t24-/m1/s1. The Morgan fingerprint density at radius 1 is 1.10 bits per heavy atom. The minimum absolute atomic E-state index is 0.155. The number of amides is 2. The number of carbonyl (C=O) groups is 2. The number of rotatable bonds is 6. The van der Waals surface area contributed by atoms with Gasteiger partial charge in [0.1, 0.15) is 11.8 Å². The molecule has 0 aliphatic carbocycles. The van der Waals surface area contributed by atoms with Crippen LogP contribution in [0.4, 0.5) is 5.69 Å². The Kier molecular flexibility index (Phi) is 7.43. The number of hydrogen-bond donors (Lipinski definition) is 2. The van der Waals surface area contributed by atoms with Gasteiger partial charge in [-0.2, -0.15) is 0 Å². The van der Waals surface area contributed by atoms with E-state index in [-0.39, 0.29) is 11.3 Å². The number of nitrogens with zero attached hydrogens (tertiary/aromatic N) is 2. The van der Waals surface area contributed by atoms with Crippen molar-refractivity contribution in [1.29, 1.82) is 0 Å². The van der Waals surface area contributed by atoms with Gasteiger partial charge in [0.25, 0.3) is 0 Å². The lowest BCUT2D eigenvalue weighted by molar-refractivity contribution is -0.138. The van der Waals surface area contributed by atoms with Crippen LogP contribution in [0.25, 0.3) is 6.08 Å². The zero-order chi connectivity index (χ0) is 28.7. The predicted molar refractivity (Wildman–Crippen MR) is 155 cm³/mol. The van der Waals surface area contributed by atoms with Gasteiger partial charge >= 0.3 is 0 Å². The van der Waals surface area contributed by atoms with Gasteiger partial charge in [0.2, 0.25) is 21.8 Å². The molecule has 3 aliphatic heterocycles. The molecule has 40 heavy (non-hydrogen) atoms. The van der Waals surface area contributed by atoms with Gasteiger partial charge in [0, 0.05) is 37.0 Å². The van der Waals surface area contributed by atoms with Crippen molar-refractivity contribution in [1.82, 2.24) is 10.2 Å². The van der Waals surface area contributed by atoms with E-state index in [0.29, 0.717) is 51.9 Å². The Labute approximate surface area is 236 Å². The summed E-state index contributed by atoms with van der Waals surface area (Å²) in [6.07, 6.45) is 5.54. The van der Waals surface area contributed by atoms with E-state index in [9.17, 15) is 18.0 Å². The summed E-state index contributed by atoms with van der Waals surface area (Å²) in [6, 6.07) is 14.6. The van der Waals surface area contributed by atoms with Gasteiger partial charge in [0.15, 0.2) is 0 Å². The third-order valence-corrected chi connectivity index (χ3v) is 9.36.